The van der Waals surface area contributed by atoms with Gasteiger partial charge in [-0.1, -0.05) is 28.1 Å². The van der Waals surface area contributed by atoms with E-state index in [1.54, 1.807) is 6.92 Å². The molecule has 0 atom stereocenters. The minimum absolute atomic E-state index is 0.250. The highest BCUT2D eigenvalue weighted by atomic mass is 79.9. The highest BCUT2D eigenvalue weighted by Crippen LogP contribution is 2.18. The first-order valence-electron chi connectivity index (χ1n) is 4.39. The summed E-state index contributed by atoms with van der Waals surface area (Å²) in [5.74, 6) is 1.48. The van der Waals surface area contributed by atoms with E-state index in [4.69, 9.17) is 5.73 Å². The fourth-order valence-electron chi connectivity index (χ4n) is 1.23. The van der Waals surface area contributed by atoms with Crippen LogP contribution >= 0.6 is 15.9 Å². The lowest BCUT2D eigenvalue weighted by Gasteiger charge is -2.02. The molecule has 0 fully saturated rings. The van der Waals surface area contributed by atoms with Gasteiger partial charge in [-0.15, -0.1) is 0 Å². The average Bonchev–Trinajstić information content (AvgIpc) is 2.17. The lowest BCUT2D eigenvalue weighted by molar-refractivity contribution is 0.996. The maximum atomic E-state index is 5.56. The number of hydrogen-bond donors (Lipinski definition) is 1. The Kier molecular flexibility index (Phi) is 2.64. The summed E-state index contributed by atoms with van der Waals surface area (Å²) < 4.78 is 1.02. The van der Waals surface area contributed by atoms with Crippen LogP contribution < -0.4 is 5.73 Å². The van der Waals surface area contributed by atoms with Gasteiger partial charge in [-0.05, 0) is 19.1 Å². The van der Waals surface area contributed by atoms with Crippen molar-refractivity contribution >= 4 is 21.9 Å². The molecule has 15 heavy (non-hydrogen) atoms. The molecule has 2 rings (SSSR count). The molecule has 2 N–H and O–H groups in total. The molecule has 4 nitrogen and oxygen atoms in total. The van der Waals surface area contributed by atoms with E-state index in [0.717, 1.165) is 10.0 Å². The zero-order chi connectivity index (χ0) is 10.8. The van der Waals surface area contributed by atoms with Gasteiger partial charge in [-0.2, -0.15) is 9.97 Å². The van der Waals surface area contributed by atoms with E-state index < -0.39 is 0 Å². The van der Waals surface area contributed by atoms with Gasteiger partial charge in [0.05, 0.1) is 0 Å². The second-order valence-corrected chi connectivity index (χ2v) is 3.99. The van der Waals surface area contributed by atoms with Crippen LogP contribution in [0.5, 0.6) is 0 Å². The molecule has 0 unspecified atom stereocenters. The monoisotopic (exact) mass is 264 g/mol. The average molecular weight is 265 g/mol. The minimum atomic E-state index is 0.250. The Hall–Kier alpha value is -1.49. The van der Waals surface area contributed by atoms with Crippen molar-refractivity contribution < 1.29 is 0 Å². The number of benzene rings is 1. The minimum Gasteiger partial charge on any atom is -0.368 e. The van der Waals surface area contributed by atoms with Gasteiger partial charge < -0.3 is 5.73 Å². The van der Waals surface area contributed by atoms with E-state index in [2.05, 4.69) is 30.9 Å². The Balaban J connectivity index is 2.49. The highest BCUT2D eigenvalue weighted by Gasteiger charge is 2.03. The predicted octanol–water partition coefficient (Wildman–Crippen LogP) is 2.19. The number of nitrogens with two attached hydrogens (primary N) is 1. The second kappa shape index (κ2) is 3.94. The zero-order valence-corrected chi connectivity index (χ0v) is 9.69. The topological polar surface area (TPSA) is 64.7 Å². The molecule has 2 aromatic rings. The molecular weight excluding hydrogens is 256 g/mol. The van der Waals surface area contributed by atoms with Crippen molar-refractivity contribution in [1.29, 1.82) is 0 Å². The molecule has 1 aromatic carbocycles. The molecule has 1 aromatic heterocycles. The third-order valence-corrected chi connectivity index (χ3v) is 2.40. The number of aromatic nitrogens is 3. The van der Waals surface area contributed by atoms with Gasteiger partial charge >= 0.3 is 0 Å². The lowest BCUT2D eigenvalue weighted by Crippen LogP contribution is -2.01. The van der Waals surface area contributed by atoms with Crippen LogP contribution in [0.1, 0.15) is 5.82 Å². The van der Waals surface area contributed by atoms with Crippen molar-refractivity contribution in [3.63, 3.8) is 0 Å². The van der Waals surface area contributed by atoms with Crippen LogP contribution in [0, 0.1) is 6.92 Å². The van der Waals surface area contributed by atoms with Gasteiger partial charge in [-0.25, -0.2) is 4.98 Å². The molecule has 0 saturated carbocycles. The molecule has 0 spiro atoms. The van der Waals surface area contributed by atoms with Crippen LogP contribution in [0.25, 0.3) is 11.4 Å². The van der Waals surface area contributed by atoms with Crippen molar-refractivity contribution in [3.8, 4) is 11.4 Å². The molecule has 0 saturated heterocycles. The molecule has 1 heterocycles. The highest BCUT2D eigenvalue weighted by molar-refractivity contribution is 9.10. The second-order valence-electron chi connectivity index (χ2n) is 3.07. The quantitative estimate of drug-likeness (QED) is 0.858. The summed E-state index contributed by atoms with van der Waals surface area (Å²) in [6, 6.07) is 7.73. The zero-order valence-electron chi connectivity index (χ0n) is 8.11. The number of halogens is 1. The predicted molar refractivity (Wildman–Crippen MR) is 62.1 cm³/mol. The third kappa shape index (κ3) is 2.30. The van der Waals surface area contributed by atoms with Crippen LogP contribution in [-0.4, -0.2) is 15.0 Å². The van der Waals surface area contributed by atoms with Gasteiger partial charge in [0.15, 0.2) is 5.82 Å². The van der Waals surface area contributed by atoms with E-state index in [9.17, 15) is 0 Å². The summed E-state index contributed by atoms with van der Waals surface area (Å²) >= 11 is 3.37. The number of rotatable bonds is 1. The summed E-state index contributed by atoms with van der Waals surface area (Å²) in [5, 5.41) is 0. The van der Waals surface area contributed by atoms with Crippen LogP contribution in [0.15, 0.2) is 28.7 Å². The summed E-state index contributed by atoms with van der Waals surface area (Å²) in [4.78, 5) is 12.2. The largest absolute Gasteiger partial charge is 0.368 e. The lowest BCUT2D eigenvalue weighted by atomic mass is 10.2. The first kappa shape index (κ1) is 10.0. The Morgan fingerprint density at radius 1 is 1.07 bits per heavy atom. The standard InChI is InChI=1S/C10H9BrN4/c1-6-13-9(15-10(12)14-6)7-2-4-8(11)5-3-7/h2-5H,1H3,(H2,12,13,14,15). The van der Waals surface area contributed by atoms with Crippen LogP contribution in [0.3, 0.4) is 0 Å². The fraction of sp³-hybridized carbons (Fsp3) is 0.100. The molecule has 76 valence electrons. The SMILES string of the molecule is Cc1nc(N)nc(-c2ccc(Br)cc2)n1. The van der Waals surface area contributed by atoms with Gasteiger partial charge in [0.25, 0.3) is 0 Å². The van der Waals surface area contributed by atoms with Gasteiger partial charge in [0, 0.05) is 10.0 Å². The molecule has 0 aliphatic rings. The number of nitrogens with zero attached hydrogens (tertiary/aromatic N) is 3. The number of anilines is 1. The van der Waals surface area contributed by atoms with Crippen LogP contribution in [-0.2, 0) is 0 Å². The van der Waals surface area contributed by atoms with Crippen molar-refractivity contribution in [1.82, 2.24) is 15.0 Å². The Morgan fingerprint density at radius 2 is 1.73 bits per heavy atom. The molecule has 5 heteroatoms. The Bertz CT molecular complexity index is 461. The number of nitrogen functional groups attached to an aromatic ring is 1. The van der Waals surface area contributed by atoms with E-state index in [0.29, 0.717) is 11.6 Å². The van der Waals surface area contributed by atoms with E-state index in [-0.39, 0.29) is 5.95 Å². The third-order valence-electron chi connectivity index (χ3n) is 1.87. The van der Waals surface area contributed by atoms with Crippen molar-refractivity contribution in [2.24, 2.45) is 0 Å². The van der Waals surface area contributed by atoms with Gasteiger partial charge in [0.1, 0.15) is 5.82 Å². The summed E-state index contributed by atoms with van der Waals surface area (Å²) in [6.07, 6.45) is 0. The Morgan fingerprint density at radius 3 is 2.33 bits per heavy atom. The molecule has 0 aliphatic heterocycles. The smallest absolute Gasteiger partial charge is 0.223 e. The molecular formula is C10H9BrN4. The first-order chi connectivity index (χ1) is 7.15. The normalized spacial score (nSPS) is 10.3. The number of aryl methyl sites for hydroxylation is 1. The van der Waals surface area contributed by atoms with Crippen LogP contribution in [0.2, 0.25) is 0 Å². The summed E-state index contributed by atoms with van der Waals surface area (Å²) in [6.45, 7) is 1.79. The summed E-state index contributed by atoms with van der Waals surface area (Å²) in [5.41, 5.74) is 6.48. The van der Waals surface area contributed by atoms with E-state index in [1.807, 2.05) is 24.3 Å². The van der Waals surface area contributed by atoms with E-state index in [1.165, 1.54) is 0 Å². The fourth-order valence-corrected chi connectivity index (χ4v) is 1.49. The maximum Gasteiger partial charge on any atom is 0.223 e. The van der Waals surface area contributed by atoms with Gasteiger partial charge in [-0.3, -0.25) is 0 Å². The molecule has 0 amide bonds. The first-order valence-corrected chi connectivity index (χ1v) is 5.18. The summed E-state index contributed by atoms with van der Waals surface area (Å²) in [7, 11) is 0. The van der Waals surface area contributed by atoms with Crippen molar-refractivity contribution in [2.75, 3.05) is 5.73 Å². The van der Waals surface area contributed by atoms with E-state index >= 15 is 0 Å². The molecule has 0 bridgehead atoms. The van der Waals surface area contributed by atoms with Crippen LogP contribution in [0.4, 0.5) is 5.95 Å². The number of hydrogen-bond acceptors (Lipinski definition) is 4. The Labute approximate surface area is 95.7 Å². The van der Waals surface area contributed by atoms with Gasteiger partial charge in [0.2, 0.25) is 5.95 Å². The maximum absolute atomic E-state index is 5.56. The molecule has 0 aliphatic carbocycles. The van der Waals surface area contributed by atoms with Crippen molar-refractivity contribution in [3.05, 3.63) is 34.6 Å². The van der Waals surface area contributed by atoms with Crippen molar-refractivity contribution in [2.45, 2.75) is 6.92 Å². The molecule has 0 radical (unpaired) electrons.